The Morgan fingerprint density at radius 2 is 1.95 bits per heavy atom. The molecule has 1 aromatic heterocycles. The van der Waals surface area contributed by atoms with E-state index < -0.39 is 0 Å². The van der Waals surface area contributed by atoms with Gasteiger partial charge in [-0.25, -0.2) is 0 Å². The van der Waals surface area contributed by atoms with Crippen LogP contribution in [-0.2, 0) is 13.6 Å². The van der Waals surface area contributed by atoms with Crippen LogP contribution in [0.4, 0.5) is 0 Å². The third-order valence-electron chi connectivity index (χ3n) is 4.87. The average molecular weight is 327 g/mol. The molecule has 2 saturated heterocycles. The quantitative estimate of drug-likeness (QED) is 0.832. The Hall–Kier alpha value is -0.390. The van der Waals surface area contributed by atoms with Crippen LogP contribution in [0.25, 0.3) is 0 Å². The van der Waals surface area contributed by atoms with Crippen molar-refractivity contribution in [1.82, 2.24) is 19.6 Å². The van der Waals surface area contributed by atoms with Crippen molar-refractivity contribution in [2.75, 3.05) is 20.1 Å². The second kappa shape index (κ2) is 5.19. The van der Waals surface area contributed by atoms with E-state index in [0.717, 1.165) is 24.3 Å². The number of likely N-dealkylation sites (N-methyl/N-ethyl adjacent to an activating group) is 1. The highest BCUT2D eigenvalue weighted by molar-refractivity contribution is 9.10. The summed E-state index contributed by atoms with van der Waals surface area (Å²) in [6.07, 6.45) is 4.06. The number of halogens is 1. The molecule has 2 aliphatic heterocycles. The van der Waals surface area contributed by atoms with Gasteiger partial charge in [0.2, 0.25) is 0 Å². The largest absolute Gasteiger partial charge is 0.299 e. The van der Waals surface area contributed by atoms with Gasteiger partial charge in [0, 0.05) is 38.8 Å². The van der Waals surface area contributed by atoms with Crippen LogP contribution >= 0.6 is 15.9 Å². The monoisotopic (exact) mass is 326 g/mol. The van der Waals surface area contributed by atoms with E-state index in [2.05, 4.69) is 44.8 Å². The van der Waals surface area contributed by atoms with Crippen LogP contribution in [0.1, 0.15) is 30.7 Å². The molecule has 2 bridgehead atoms. The highest BCUT2D eigenvalue weighted by atomic mass is 79.9. The van der Waals surface area contributed by atoms with Crippen molar-refractivity contribution in [1.29, 1.82) is 0 Å². The Balaban J connectivity index is 1.73. The van der Waals surface area contributed by atoms with Crippen molar-refractivity contribution in [3.8, 4) is 0 Å². The summed E-state index contributed by atoms with van der Waals surface area (Å²) >= 11 is 3.68. The summed E-state index contributed by atoms with van der Waals surface area (Å²) in [5.74, 6) is 0. The molecule has 0 saturated carbocycles. The van der Waals surface area contributed by atoms with Crippen LogP contribution < -0.4 is 0 Å². The zero-order valence-electron chi connectivity index (χ0n) is 12.1. The lowest BCUT2D eigenvalue weighted by atomic mass is 10.1. The summed E-state index contributed by atoms with van der Waals surface area (Å²) in [6, 6.07) is 1.56. The zero-order chi connectivity index (χ0) is 13.6. The molecule has 2 atom stereocenters. The molecule has 3 heterocycles. The van der Waals surface area contributed by atoms with Gasteiger partial charge in [-0.05, 0) is 49.2 Å². The summed E-state index contributed by atoms with van der Waals surface area (Å²) in [6.45, 7) is 5.48. The molecule has 2 fully saturated rings. The van der Waals surface area contributed by atoms with Gasteiger partial charge in [-0.15, -0.1) is 0 Å². The Bertz CT molecular complexity index is 470. The first-order chi connectivity index (χ1) is 9.06. The van der Waals surface area contributed by atoms with Gasteiger partial charge in [-0.3, -0.25) is 14.5 Å². The molecule has 19 heavy (non-hydrogen) atoms. The Kier molecular flexibility index (Phi) is 3.71. The molecule has 0 amide bonds. The summed E-state index contributed by atoms with van der Waals surface area (Å²) in [5, 5.41) is 4.50. The number of fused-ring (bicyclic) bond motifs is 2. The summed E-state index contributed by atoms with van der Waals surface area (Å²) in [4.78, 5) is 5.20. The fourth-order valence-corrected chi connectivity index (χ4v) is 4.05. The standard InChI is InChI=1S/C14H23BrN4/c1-10-14(15)13(18(3)16-10)9-19-7-6-11-4-5-12(8-19)17(11)2/h11-12H,4-9H2,1-3H3. The van der Waals surface area contributed by atoms with Gasteiger partial charge in [0.15, 0.2) is 0 Å². The summed E-state index contributed by atoms with van der Waals surface area (Å²) < 4.78 is 3.20. The summed E-state index contributed by atoms with van der Waals surface area (Å²) in [5.41, 5.74) is 2.39. The number of rotatable bonds is 2. The average Bonchev–Trinajstić information content (AvgIpc) is 2.73. The SMILES string of the molecule is Cc1nn(C)c(CN2CCC3CCC(C2)N3C)c1Br. The van der Waals surface area contributed by atoms with Crippen molar-refractivity contribution < 1.29 is 0 Å². The summed E-state index contributed by atoms with van der Waals surface area (Å²) in [7, 11) is 4.35. The number of nitrogens with zero attached hydrogens (tertiary/aromatic N) is 4. The Morgan fingerprint density at radius 1 is 1.21 bits per heavy atom. The molecule has 4 nitrogen and oxygen atoms in total. The normalized spacial score (nSPS) is 28.8. The molecule has 0 spiro atoms. The first kappa shape index (κ1) is 13.6. The topological polar surface area (TPSA) is 24.3 Å². The van der Waals surface area contributed by atoms with Crippen LogP contribution in [0.3, 0.4) is 0 Å². The number of aromatic nitrogens is 2. The molecule has 0 aliphatic carbocycles. The lowest BCUT2D eigenvalue weighted by Gasteiger charge is -2.25. The van der Waals surface area contributed by atoms with Crippen LogP contribution in [-0.4, -0.2) is 51.8 Å². The second-order valence-corrected chi connectivity index (χ2v) is 6.84. The van der Waals surface area contributed by atoms with Crippen molar-refractivity contribution in [2.24, 2.45) is 7.05 Å². The molecule has 0 N–H and O–H groups in total. The van der Waals surface area contributed by atoms with E-state index in [-0.39, 0.29) is 0 Å². The maximum atomic E-state index is 4.50. The zero-order valence-corrected chi connectivity index (χ0v) is 13.7. The third kappa shape index (κ3) is 2.48. The lowest BCUT2D eigenvalue weighted by molar-refractivity contribution is 0.211. The molecule has 106 valence electrons. The van der Waals surface area contributed by atoms with E-state index in [1.807, 2.05) is 11.7 Å². The van der Waals surface area contributed by atoms with E-state index in [9.17, 15) is 0 Å². The number of aryl methyl sites for hydroxylation is 2. The van der Waals surface area contributed by atoms with E-state index in [1.165, 1.54) is 42.5 Å². The van der Waals surface area contributed by atoms with Gasteiger partial charge in [0.05, 0.1) is 15.9 Å². The van der Waals surface area contributed by atoms with Gasteiger partial charge < -0.3 is 0 Å². The Labute approximate surface area is 123 Å². The molecule has 5 heteroatoms. The van der Waals surface area contributed by atoms with Crippen LogP contribution in [0.15, 0.2) is 4.47 Å². The maximum absolute atomic E-state index is 4.50. The molecule has 0 aromatic carbocycles. The molecule has 2 aliphatic rings. The molecule has 1 aromatic rings. The second-order valence-electron chi connectivity index (χ2n) is 6.04. The van der Waals surface area contributed by atoms with Gasteiger partial charge >= 0.3 is 0 Å². The third-order valence-corrected chi connectivity index (χ3v) is 5.90. The van der Waals surface area contributed by atoms with E-state index in [4.69, 9.17) is 0 Å². The van der Waals surface area contributed by atoms with Crippen molar-refractivity contribution in [2.45, 2.75) is 44.8 Å². The minimum absolute atomic E-state index is 0.751. The first-order valence-corrected chi connectivity index (χ1v) is 7.98. The predicted molar refractivity (Wildman–Crippen MR) is 80.1 cm³/mol. The fraction of sp³-hybridized carbons (Fsp3) is 0.786. The highest BCUT2D eigenvalue weighted by Crippen LogP contribution is 2.30. The fourth-order valence-electron chi connectivity index (χ4n) is 3.59. The number of hydrogen-bond acceptors (Lipinski definition) is 3. The van der Waals surface area contributed by atoms with Gasteiger partial charge in [-0.2, -0.15) is 5.10 Å². The predicted octanol–water partition coefficient (Wildman–Crippen LogP) is 2.16. The van der Waals surface area contributed by atoms with E-state index >= 15 is 0 Å². The van der Waals surface area contributed by atoms with Crippen molar-refractivity contribution in [3.05, 3.63) is 15.9 Å². The van der Waals surface area contributed by atoms with Crippen molar-refractivity contribution in [3.63, 3.8) is 0 Å². The van der Waals surface area contributed by atoms with E-state index in [0.29, 0.717) is 0 Å². The van der Waals surface area contributed by atoms with Gasteiger partial charge in [0.1, 0.15) is 0 Å². The van der Waals surface area contributed by atoms with Crippen molar-refractivity contribution >= 4 is 15.9 Å². The molecular weight excluding hydrogens is 304 g/mol. The minimum Gasteiger partial charge on any atom is -0.299 e. The van der Waals surface area contributed by atoms with Crippen LogP contribution in [0, 0.1) is 6.92 Å². The highest BCUT2D eigenvalue weighted by Gasteiger charge is 2.34. The van der Waals surface area contributed by atoms with Gasteiger partial charge in [0.25, 0.3) is 0 Å². The van der Waals surface area contributed by atoms with Crippen LogP contribution in [0.2, 0.25) is 0 Å². The lowest BCUT2D eigenvalue weighted by Crippen LogP contribution is -2.36. The molecule has 3 rings (SSSR count). The van der Waals surface area contributed by atoms with Gasteiger partial charge in [-0.1, -0.05) is 0 Å². The molecule has 0 radical (unpaired) electrons. The Morgan fingerprint density at radius 3 is 2.63 bits per heavy atom. The number of likely N-dealkylation sites (tertiary alicyclic amines) is 1. The number of hydrogen-bond donors (Lipinski definition) is 0. The smallest absolute Gasteiger partial charge is 0.0739 e. The van der Waals surface area contributed by atoms with E-state index in [1.54, 1.807) is 0 Å². The maximum Gasteiger partial charge on any atom is 0.0739 e. The first-order valence-electron chi connectivity index (χ1n) is 7.18. The minimum atomic E-state index is 0.751. The van der Waals surface area contributed by atoms with Crippen LogP contribution in [0.5, 0.6) is 0 Å². The molecular formula is C14H23BrN4. The molecule has 2 unspecified atom stereocenters.